The first-order valence-corrected chi connectivity index (χ1v) is 12.3. The van der Waals surface area contributed by atoms with Crippen molar-refractivity contribution in [3.63, 3.8) is 0 Å². The molecule has 4 aliphatic carbocycles. The highest BCUT2D eigenvalue weighted by Crippen LogP contribution is 2.43. The van der Waals surface area contributed by atoms with Gasteiger partial charge < -0.3 is 0 Å². The van der Waals surface area contributed by atoms with E-state index >= 15 is 0 Å². The summed E-state index contributed by atoms with van der Waals surface area (Å²) in [5.74, 6) is 0. The molecule has 0 aromatic rings. The summed E-state index contributed by atoms with van der Waals surface area (Å²) >= 11 is 0. The van der Waals surface area contributed by atoms with Crippen LogP contribution < -0.4 is 0 Å². The first kappa shape index (κ1) is 20.2. The molecule has 4 fully saturated rings. The Morgan fingerprint density at radius 1 is 0.370 bits per heavy atom. The smallest absolute Gasteiger partial charge is 0.0438 e. The zero-order chi connectivity index (χ0) is 18.8. The Bertz CT molecular complexity index is 376. The second-order valence-corrected chi connectivity index (χ2v) is 10.3. The van der Waals surface area contributed by atoms with E-state index < -0.39 is 0 Å². The van der Waals surface area contributed by atoms with E-state index in [0.29, 0.717) is 0 Å². The van der Waals surface area contributed by atoms with Crippen molar-refractivity contribution in [2.45, 2.75) is 133 Å². The highest BCUT2D eigenvalue weighted by molar-refractivity contribution is 5.18. The minimum Gasteiger partial charge on any atom is -0.297 e. The average Bonchev–Trinajstić information content (AvgIpc) is 3.49. The molecular weight excluding hydrogens is 330 g/mol. The number of hydrogen-bond acceptors (Lipinski definition) is 3. The van der Waals surface area contributed by atoms with Gasteiger partial charge in [-0.25, -0.2) is 0 Å². The van der Waals surface area contributed by atoms with Crippen LogP contribution in [0.4, 0.5) is 0 Å². The largest absolute Gasteiger partial charge is 0.297 e. The van der Waals surface area contributed by atoms with E-state index in [2.05, 4.69) is 35.8 Å². The molecule has 0 bridgehead atoms. The molecule has 4 rings (SSSR count). The van der Waals surface area contributed by atoms with Gasteiger partial charge in [0.15, 0.2) is 0 Å². The zero-order valence-corrected chi connectivity index (χ0v) is 18.4. The van der Waals surface area contributed by atoms with Gasteiger partial charge in [0.25, 0.3) is 0 Å². The standard InChI is InChI=1S/C24H45N3/c1-25(19-13-7-4-8-14-19)22-23(26(2)20-15-9-5-10-16-20)24(22)27(3)21-17-11-6-12-18-21/h19-24H,4-18H2,1-3H3. The van der Waals surface area contributed by atoms with Crippen molar-refractivity contribution in [1.29, 1.82) is 0 Å². The fourth-order valence-electron chi connectivity index (χ4n) is 6.91. The average molecular weight is 376 g/mol. The highest BCUT2D eigenvalue weighted by atomic mass is 15.4. The van der Waals surface area contributed by atoms with Gasteiger partial charge >= 0.3 is 0 Å². The van der Waals surface area contributed by atoms with Crippen LogP contribution in [-0.2, 0) is 0 Å². The van der Waals surface area contributed by atoms with E-state index in [1.807, 2.05) is 0 Å². The van der Waals surface area contributed by atoms with Gasteiger partial charge in [-0.05, 0) is 59.7 Å². The molecule has 156 valence electrons. The summed E-state index contributed by atoms with van der Waals surface area (Å²) in [6.45, 7) is 0. The molecule has 0 atom stereocenters. The molecule has 0 spiro atoms. The van der Waals surface area contributed by atoms with Crippen molar-refractivity contribution >= 4 is 0 Å². The molecule has 4 aliphatic rings. The van der Waals surface area contributed by atoms with Gasteiger partial charge in [-0.15, -0.1) is 0 Å². The molecule has 4 saturated carbocycles. The number of nitrogens with zero attached hydrogens (tertiary/aromatic N) is 3. The van der Waals surface area contributed by atoms with E-state index in [1.54, 1.807) is 0 Å². The monoisotopic (exact) mass is 375 g/mol. The Hall–Kier alpha value is -0.120. The van der Waals surface area contributed by atoms with Gasteiger partial charge in [-0.3, -0.25) is 14.7 Å². The molecule has 0 amide bonds. The van der Waals surface area contributed by atoms with E-state index in [9.17, 15) is 0 Å². The van der Waals surface area contributed by atoms with Crippen LogP contribution in [0.5, 0.6) is 0 Å². The summed E-state index contributed by atoms with van der Waals surface area (Å²) in [7, 11) is 7.41. The van der Waals surface area contributed by atoms with Crippen LogP contribution in [0, 0.1) is 0 Å². The van der Waals surface area contributed by atoms with Crippen molar-refractivity contribution in [3.05, 3.63) is 0 Å². The molecular formula is C24H45N3. The van der Waals surface area contributed by atoms with E-state index in [-0.39, 0.29) is 0 Å². The first-order chi connectivity index (χ1) is 13.2. The Kier molecular flexibility index (Phi) is 6.82. The van der Waals surface area contributed by atoms with Gasteiger partial charge in [0.1, 0.15) is 0 Å². The van der Waals surface area contributed by atoms with Gasteiger partial charge in [0.05, 0.1) is 0 Å². The van der Waals surface area contributed by atoms with Gasteiger partial charge in [0, 0.05) is 36.3 Å². The maximum absolute atomic E-state index is 2.84. The molecule has 0 N–H and O–H groups in total. The van der Waals surface area contributed by atoms with Crippen molar-refractivity contribution in [2.24, 2.45) is 0 Å². The highest BCUT2D eigenvalue weighted by Gasteiger charge is 2.59. The number of hydrogen-bond donors (Lipinski definition) is 0. The molecule has 0 saturated heterocycles. The molecule has 3 nitrogen and oxygen atoms in total. The second kappa shape index (κ2) is 9.13. The molecule has 0 aromatic heterocycles. The quantitative estimate of drug-likeness (QED) is 0.654. The third-order valence-electron chi connectivity index (χ3n) is 8.77. The number of rotatable bonds is 6. The van der Waals surface area contributed by atoms with Crippen molar-refractivity contribution in [1.82, 2.24) is 14.7 Å². The third kappa shape index (κ3) is 4.41. The van der Waals surface area contributed by atoms with Crippen LogP contribution >= 0.6 is 0 Å². The molecule has 0 unspecified atom stereocenters. The normalized spacial score (nSPS) is 34.7. The van der Waals surface area contributed by atoms with Crippen LogP contribution in [0.25, 0.3) is 0 Å². The molecule has 0 aromatic carbocycles. The predicted molar refractivity (Wildman–Crippen MR) is 115 cm³/mol. The van der Waals surface area contributed by atoms with Crippen LogP contribution in [0.1, 0.15) is 96.3 Å². The minimum absolute atomic E-state index is 0.770. The zero-order valence-electron chi connectivity index (χ0n) is 18.4. The lowest BCUT2D eigenvalue weighted by atomic mass is 9.94. The van der Waals surface area contributed by atoms with Gasteiger partial charge in [0.2, 0.25) is 0 Å². The Morgan fingerprint density at radius 3 is 0.815 bits per heavy atom. The summed E-state index contributed by atoms with van der Waals surface area (Å²) in [6, 6.07) is 4.84. The Morgan fingerprint density at radius 2 is 0.593 bits per heavy atom. The van der Waals surface area contributed by atoms with Crippen molar-refractivity contribution in [2.75, 3.05) is 21.1 Å². The Labute approximate surface area is 168 Å². The lowest BCUT2D eigenvalue weighted by molar-refractivity contribution is 0.134. The summed E-state index contributed by atoms with van der Waals surface area (Å²) in [6.07, 6.45) is 21.7. The van der Waals surface area contributed by atoms with Gasteiger partial charge in [-0.2, -0.15) is 0 Å². The summed E-state index contributed by atoms with van der Waals surface area (Å²) in [5, 5.41) is 0. The maximum Gasteiger partial charge on any atom is 0.0438 e. The lowest BCUT2D eigenvalue weighted by Gasteiger charge is -2.34. The molecule has 0 radical (unpaired) electrons. The topological polar surface area (TPSA) is 9.72 Å². The van der Waals surface area contributed by atoms with E-state index in [1.165, 1.54) is 96.3 Å². The molecule has 0 aliphatic heterocycles. The minimum atomic E-state index is 0.770. The van der Waals surface area contributed by atoms with Gasteiger partial charge in [-0.1, -0.05) is 57.8 Å². The van der Waals surface area contributed by atoms with E-state index in [4.69, 9.17) is 0 Å². The molecule has 0 heterocycles. The van der Waals surface area contributed by atoms with Crippen LogP contribution in [0.3, 0.4) is 0 Å². The summed E-state index contributed by atoms with van der Waals surface area (Å²) < 4.78 is 0. The third-order valence-corrected chi connectivity index (χ3v) is 8.77. The van der Waals surface area contributed by atoms with E-state index in [0.717, 1.165) is 36.3 Å². The Balaban J connectivity index is 1.46. The van der Waals surface area contributed by atoms with Crippen LogP contribution in [-0.4, -0.2) is 72.1 Å². The molecule has 27 heavy (non-hydrogen) atoms. The fraction of sp³-hybridized carbons (Fsp3) is 1.00. The molecule has 3 heteroatoms. The first-order valence-electron chi connectivity index (χ1n) is 12.3. The maximum atomic E-state index is 2.84. The van der Waals surface area contributed by atoms with Crippen LogP contribution in [0.15, 0.2) is 0 Å². The lowest BCUT2D eigenvalue weighted by Crippen LogP contribution is -2.42. The fourth-order valence-corrected chi connectivity index (χ4v) is 6.91. The second-order valence-electron chi connectivity index (χ2n) is 10.3. The van der Waals surface area contributed by atoms with Crippen LogP contribution in [0.2, 0.25) is 0 Å². The predicted octanol–water partition coefficient (Wildman–Crippen LogP) is 4.90. The number of likely N-dealkylation sites (N-methyl/N-ethyl adjacent to an activating group) is 3. The summed E-state index contributed by atoms with van der Waals surface area (Å²) in [4.78, 5) is 8.52. The summed E-state index contributed by atoms with van der Waals surface area (Å²) in [5.41, 5.74) is 0. The SMILES string of the molecule is CN(C1CCCCC1)C1C(N(C)C2CCCCC2)C1N(C)C1CCCCC1. The van der Waals surface area contributed by atoms with Crippen molar-refractivity contribution < 1.29 is 0 Å². The van der Waals surface area contributed by atoms with Crippen molar-refractivity contribution in [3.8, 4) is 0 Å².